The summed E-state index contributed by atoms with van der Waals surface area (Å²) in [6.45, 7) is 2.66. The molecule has 0 saturated carbocycles. The van der Waals surface area contributed by atoms with Crippen molar-refractivity contribution >= 4 is 62.3 Å². The van der Waals surface area contributed by atoms with Crippen molar-refractivity contribution in [3.05, 3.63) is 75.2 Å². The third-order valence-electron chi connectivity index (χ3n) is 5.54. The summed E-state index contributed by atoms with van der Waals surface area (Å²) in [6, 6.07) is 12.3. The highest BCUT2D eigenvalue weighted by Crippen LogP contribution is 2.41. The van der Waals surface area contributed by atoms with E-state index < -0.39 is 33.1 Å². The third-order valence-corrected chi connectivity index (χ3v) is 9.13. The van der Waals surface area contributed by atoms with Gasteiger partial charge in [-0.25, -0.2) is 8.42 Å². The molecule has 1 heterocycles. The van der Waals surface area contributed by atoms with Gasteiger partial charge in [0.2, 0.25) is 0 Å². The van der Waals surface area contributed by atoms with Gasteiger partial charge in [0.15, 0.2) is 0 Å². The quantitative estimate of drug-likeness (QED) is 0.286. The zero-order chi connectivity index (χ0) is 27.0. The van der Waals surface area contributed by atoms with Crippen molar-refractivity contribution in [1.29, 1.82) is 0 Å². The summed E-state index contributed by atoms with van der Waals surface area (Å²) in [6.07, 6.45) is -4.18. The summed E-state index contributed by atoms with van der Waals surface area (Å²) in [5.41, 5.74) is -1.95. The normalized spacial score (nSPS) is 18.1. The maximum Gasteiger partial charge on any atom is 0.419 e. The number of rotatable bonds is 7. The van der Waals surface area contributed by atoms with Crippen molar-refractivity contribution in [2.24, 2.45) is 0 Å². The summed E-state index contributed by atoms with van der Waals surface area (Å²) in [5, 5.41) is 3.77. The second kappa shape index (κ2) is 10.7. The number of nitrogens with one attached hydrogen (secondary N) is 2. The van der Waals surface area contributed by atoms with E-state index in [1.54, 1.807) is 31.2 Å². The summed E-state index contributed by atoms with van der Waals surface area (Å²) < 4.78 is 75.0. The average Bonchev–Trinajstić information content (AvgIpc) is 3.21. The number of alkyl halides is 3. The first-order valence-corrected chi connectivity index (χ1v) is 14.3. The fourth-order valence-electron chi connectivity index (χ4n) is 3.70. The van der Waals surface area contributed by atoms with Crippen LogP contribution in [0.15, 0.2) is 69.3 Å². The lowest BCUT2D eigenvalue weighted by atomic mass is 10.1. The maximum absolute atomic E-state index is 13.6. The lowest BCUT2D eigenvalue weighted by Gasteiger charge is -2.27. The van der Waals surface area contributed by atoms with Gasteiger partial charge >= 0.3 is 6.18 Å². The molecule has 0 spiro atoms. The number of hydrogen-bond acceptors (Lipinski definition) is 5. The van der Waals surface area contributed by atoms with Gasteiger partial charge < -0.3 is 10.1 Å². The molecule has 37 heavy (non-hydrogen) atoms. The first-order valence-electron chi connectivity index (χ1n) is 10.8. The molecule has 1 saturated heterocycles. The van der Waals surface area contributed by atoms with E-state index in [1.807, 2.05) is 0 Å². The Morgan fingerprint density at radius 1 is 0.973 bits per heavy atom. The van der Waals surface area contributed by atoms with Crippen LogP contribution >= 0.6 is 46.6 Å². The molecular formula is C24H20Cl3F3N2O3S2. The monoisotopic (exact) mass is 610 g/mol. The maximum atomic E-state index is 13.6. The fourth-order valence-corrected chi connectivity index (χ4v) is 6.62. The van der Waals surface area contributed by atoms with Crippen LogP contribution in [0.4, 0.5) is 18.9 Å². The van der Waals surface area contributed by atoms with Crippen molar-refractivity contribution in [2.45, 2.75) is 39.8 Å². The Kier molecular flexibility index (Phi) is 8.19. The molecule has 1 atom stereocenters. The summed E-state index contributed by atoms with van der Waals surface area (Å²) >= 11 is 19.6. The lowest BCUT2D eigenvalue weighted by Crippen LogP contribution is -2.35. The molecule has 1 aliphatic rings. The topological polar surface area (TPSA) is 67.4 Å². The van der Waals surface area contributed by atoms with E-state index >= 15 is 0 Å². The number of anilines is 1. The highest BCUT2D eigenvalue weighted by molar-refractivity contribution is 7.99. The van der Waals surface area contributed by atoms with Gasteiger partial charge in [0.05, 0.1) is 26.3 Å². The van der Waals surface area contributed by atoms with Crippen molar-refractivity contribution in [2.75, 3.05) is 17.8 Å². The number of halogens is 6. The smallest absolute Gasteiger partial charge is 0.419 e. The fraction of sp³-hybridized carbons (Fsp3) is 0.250. The molecular weight excluding hydrogens is 592 g/mol. The Morgan fingerprint density at radius 3 is 2.24 bits per heavy atom. The second-order valence-corrected chi connectivity index (χ2v) is 12.6. The van der Waals surface area contributed by atoms with E-state index in [1.165, 1.54) is 23.9 Å². The third kappa shape index (κ3) is 6.79. The first kappa shape index (κ1) is 28.2. The van der Waals surface area contributed by atoms with E-state index in [0.29, 0.717) is 34.5 Å². The predicted octanol–water partition coefficient (Wildman–Crippen LogP) is 7.75. The Balaban J connectivity index is 1.58. The Labute approximate surface area is 231 Å². The van der Waals surface area contributed by atoms with Crippen molar-refractivity contribution < 1.29 is 26.3 Å². The summed E-state index contributed by atoms with van der Waals surface area (Å²) in [5.74, 6) is -0.460. The minimum Gasteiger partial charge on any atom is -0.485 e. The van der Waals surface area contributed by atoms with Crippen molar-refractivity contribution in [1.82, 2.24) is 5.32 Å². The number of hydrogen-bond donors (Lipinski definition) is 2. The molecule has 3 aromatic carbocycles. The number of sulfonamides is 1. The van der Waals surface area contributed by atoms with Crippen LogP contribution in [-0.4, -0.2) is 27.1 Å². The van der Waals surface area contributed by atoms with Crippen LogP contribution in [0.5, 0.6) is 5.75 Å². The molecule has 0 aliphatic carbocycles. The zero-order valence-electron chi connectivity index (χ0n) is 19.1. The van der Waals surface area contributed by atoms with Gasteiger partial charge in [-0.15, -0.1) is 0 Å². The molecule has 0 radical (unpaired) electrons. The molecule has 3 aromatic rings. The average molecular weight is 612 g/mol. The number of ether oxygens (including phenoxy) is 1. The zero-order valence-corrected chi connectivity index (χ0v) is 23.0. The molecule has 0 bridgehead atoms. The van der Waals surface area contributed by atoms with E-state index in [9.17, 15) is 21.6 Å². The Hall–Kier alpha value is -1.82. The summed E-state index contributed by atoms with van der Waals surface area (Å²) in [4.78, 5) is 1.18. The number of benzene rings is 3. The van der Waals surface area contributed by atoms with E-state index in [-0.39, 0.29) is 15.6 Å². The highest BCUT2D eigenvalue weighted by atomic mass is 35.5. The van der Waals surface area contributed by atoms with Gasteiger partial charge in [0.1, 0.15) is 16.2 Å². The van der Waals surface area contributed by atoms with Crippen LogP contribution in [0.1, 0.15) is 18.9 Å². The standard InChI is InChI=1S/C24H20Cl3F3N2O3S2/c1-23(8-9-31-13-23)35-21-10-14(2-5-17(21)24(28,29)30)32-37(33,34)22-7-4-16(12-20(22)27)36-15-3-6-18(25)19(26)11-15/h2-7,10-12,31-32H,8-9,13H2,1H3/t23-/m1/s1. The van der Waals surface area contributed by atoms with Gasteiger partial charge in [0, 0.05) is 28.8 Å². The minimum atomic E-state index is -4.68. The first-order chi connectivity index (χ1) is 17.3. The van der Waals surface area contributed by atoms with E-state index in [0.717, 1.165) is 23.1 Å². The predicted molar refractivity (Wildman–Crippen MR) is 141 cm³/mol. The van der Waals surface area contributed by atoms with Crippen LogP contribution in [0, 0.1) is 0 Å². The van der Waals surface area contributed by atoms with Crippen LogP contribution in [0.2, 0.25) is 15.1 Å². The van der Waals surface area contributed by atoms with Gasteiger partial charge in [-0.1, -0.05) is 46.6 Å². The molecule has 0 unspecified atom stereocenters. The van der Waals surface area contributed by atoms with Gasteiger partial charge in [0.25, 0.3) is 10.0 Å². The Morgan fingerprint density at radius 2 is 1.65 bits per heavy atom. The Bertz CT molecular complexity index is 1430. The van der Waals surface area contributed by atoms with E-state index in [2.05, 4.69) is 10.0 Å². The van der Waals surface area contributed by atoms with Crippen LogP contribution < -0.4 is 14.8 Å². The second-order valence-electron chi connectivity index (χ2n) is 8.56. The minimum absolute atomic E-state index is 0.0644. The molecule has 1 fully saturated rings. The van der Waals surface area contributed by atoms with Crippen LogP contribution in [0.3, 0.4) is 0 Å². The van der Waals surface area contributed by atoms with Gasteiger partial charge in [-0.2, -0.15) is 13.2 Å². The lowest BCUT2D eigenvalue weighted by molar-refractivity contribution is -0.139. The van der Waals surface area contributed by atoms with Gasteiger partial charge in [-0.05, 0) is 62.0 Å². The van der Waals surface area contributed by atoms with E-state index in [4.69, 9.17) is 39.5 Å². The molecule has 4 rings (SSSR count). The summed E-state index contributed by atoms with van der Waals surface area (Å²) in [7, 11) is -4.23. The van der Waals surface area contributed by atoms with Crippen molar-refractivity contribution in [3.8, 4) is 5.75 Å². The van der Waals surface area contributed by atoms with Crippen LogP contribution in [0.25, 0.3) is 0 Å². The van der Waals surface area contributed by atoms with Gasteiger partial charge in [-0.3, -0.25) is 4.72 Å². The molecule has 0 aromatic heterocycles. The molecule has 2 N–H and O–H groups in total. The molecule has 198 valence electrons. The SMILES string of the molecule is C[C@@]1(Oc2cc(NS(=O)(=O)c3ccc(Sc4ccc(Cl)c(Cl)c4)cc3Cl)ccc2C(F)(F)F)CCNC1. The molecule has 13 heteroatoms. The molecule has 0 amide bonds. The van der Waals surface area contributed by atoms with Crippen LogP contribution in [-0.2, 0) is 16.2 Å². The highest BCUT2D eigenvalue weighted by Gasteiger charge is 2.38. The van der Waals surface area contributed by atoms with Crippen molar-refractivity contribution in [3.63, 3.8) is 0 Å². The molecule has 1 aliphatic heterocycles. The molecule has 5 nitrogen and oxygen atoms in total. The largest absolute Gasteiger partial charge is 0.485 e.